The number of piperidine rings is 1. The van der Waals surface area contributed by atoms with Crippen molar-refractivity contribution in [1.29, 1.82) is 0 Å². The van der Waals surface area contributed by atoms with Crippen LogP contribution in [-0.4, -0.2) is 46.2 Å². The molecule has 1 saturated heterocycles. The van der Waals surface area contributed by atoms with Crippen molar-refractivity contribution in [3.63, 3.8) is 0 Å². The first-order valence-electron chi connectivity index (χ1n) is 9.21. The molecule has 1 aromatic heterocycles. The third-order valence-corrected chi connectivity index (χ3v) is 4.97. The largest absolute Gasteiger partial charge is 0.497 e. The lowest BCUT2D eigenvalue weighted by atomic mass is 9.91. The third kappa shape index (κ3) is 4.97. The highest BCUT2D eigenvalue weighted by atomic mass is 16.5. The van der Waals surface area contributed by atoms with Crippen LogP contribution in [0.25, 0.3) is 0 Å². The smallest absolute Gasteiger partial charge is 0.239 e. The van der Waals surface area contributed by atoms with E-state index in [1.54, 1.807) is 7.11 Å². The number of ether oxygens (including phenoxy) is 1. The van der Waals surface area contributed by atoms with Gasteiger partial charge in [0, 0.05) is 25.9 Å². The lowest BCUT2D eigenvalue weighted by molar-refractivity contribution is -0.133. The third-order valence-electron chi connectivity index (χ3n) is 4.97. The Labute approximate surface area is 153 Å². The Bertz CT molecular complexity index is 730. The van der Waals surface area contributed by atoms with E-state index in [2.05, 4.69) is 27.3 Å². The minimum absolute atomic E-state index is 0.186. The van der Waals surface area contributed by atoms with Gasteiger partial charge < -0.3 is 15.4 Å². The molecular weight excluding hydrogens is 330 g/mol. The van der Waals surface area contributed by atoms with E-state index in [9.17, 15) is 4.79 Å². The van der Waals surface area contributed by atoms with Gasteiger partial charge in [0.2, 0.25) is 11.9 Å². The number of aromatic amines is 1. The minimum atomic E-state index is 0.186. The molecule has 1 aliphatic rings. The Hall–Kier alpha value is -2.57. The molecule has 1 aliphatic heterocycles. The molecule has 1 fully saturated rings. The molecule has 0 saturated carbocycles. The number of H-pyrrole nitrogens is 1. The van der Waals surface area contributed by atoms with E-state index < -0.39 is 0 Å². The topological polar surface area (TPSA) is 97.1 Å². The van der Waals surface area contributed by atoms with Crippen LogP contribution >= 0.6 is 0 Å². The highest BCUT2D eigenvalue weighted by molar-refractivity contribution is 5.76. The Balaban J connectivity index is 1.46. The van der Waals surface area contributed by atoms with Gasteiger partial charge in [-0.25, -0.2) is 0 Å². The molecule has 140 valence electrons. The molecule has 1 aromatic carbocycles. The SMILES string of the molecule is COc1cccc(CC[C@H]2CCCN(C(=O)CCc3nc(N)n[nH]3)C2)c1. The number of nitrogens with two attached hydrogens (primary N) is 1. The van der Waals surface area contributed by atoms with E-state index in [-0.39, 0.29) is 11.9 Å². The molecule has 0 unspecified atom stereocenters. The zero-order chi connectivity index (χ0) is 18.4. The fourth-order valence-electron chi connectivity index (χ4n) is 3.53. The van der Waals surface area contributed by atoms with Crippen molar-refractivity contribution >= 4 is 11.9 Å². The van der Waals surface area contributed by atoms with Crippen LogP contribution in [0, 0.1) is 5.92 Å². The summed E-state index contributed by atoms with van der Waals surface area (Å²) in [6.07, 6.45) is 5.36. The lowest BCUT2D eigenvalue weighted by Crippen LogP contribution is -2.40. The van der Waals surface area contributed by atoms with Gasteiger partial charge in [0.1, 0.15) is 11.6 Å². The van der Waals surface area contributed by atoms with Gasteiger partial charge in [-0.1, -0.05) is 12.1 Å². The number of carbonyl (C=O) groups excluding carboxylic acids is 1. The molecule has 1 atom stereocenters. The first kappa shape index (κ1) is 18.2. The Morgan fingerprint density at radius 2 is 2.31 bits per heavy atom. The van der Waals surface area contributed by atoms with Gasteiger partial charge in [0.15, 0.2) is 0 Å². The highest BCUT2D eigenvalue weighted by Gasteiger charge is 2.23. The molecule has 7 nitrogen and oxygen atoms in total. The van der Waals surface area contributed by atoms with Gasteiger partial charge in [-0.3, -0.25) is 9.89 Å². The van der Waals surface area contributed by atoms with Gasteiger partial charge in [0.05, 0.1) is 7.11 Å². The van der Waals surface area contributed by atoms with Crippen molar-refractivity contribution in [3.8, 4) is 5.75 Å². The van der Waals surface area contributed by atoms with Crippen LogP contribution < -0.4 is 10.5 Å². The lowest BCUT2D eigenvalue weighted by Gasteiger charge is -2.33. The molecule has 7 heteroatoms. The Morgan fingerprint density at radius 3 is 3.08 bits per heavy atom. The molecule has 3 rings (SSSR count). The second kappa shape index (κ2) is 8.69. The summed E-state index contributed by atoms with van der Waals surface area (Å²) >= 11 is 0. The minimum Gasteiger partial charge on any atom is -0.497 e. The van der Waals surface area contributed by atoms with Crippen LogP contribution in [0.4, 0.5) is 5.95 Å². The molecule has 2 heterocycles. The van der Waals surface area contributed by atoms with Crippen LogP contribution in [0.5, 0.6) is 5.75 Å². The van der Waals surface area contributed by atoms with Crippen molar-refractivity contribution in [2.75, 3.05) is 25.9 Å². The maximum Gasteiger partial charge on any atom is 0.239 e. The molecule has 3 N–H and O–H groups in total. The van der Waals surface area contributed by atoms with Crippen molar-refractivity contribution in [3.05, 3.63) is 35.7 Å². The zero-order valence-corrected chi connectivity index (χ0v) is 15.3. The first-order chi connectivity index (χ1) is 12.6. The molecule has 26 heavy (non-hydrogen) atoms. The summed E-state index contributed by atoms with van der Waals surface area (Å²) in [5, 5.41) is 6.55. The number of amides is 1. The average molecular weight is 357 g/mol. The predicted octanol–water partition coefficient (Wildman–Crippen LogP) is 2.20. The van der Waals surface area contributed by atoms with E-state index in [1.165, 1.54) is 12.0 Å². The number of anilines is 1. The molecule has 1 amide bonds. The highest BCUT2D eigenvalue weighted by Crippen LogP contribution is 2.23. The molecule has 0 bridgehead atoms. The quantitative estimate of drug-likeness (QED) is 0.792. The summed E-state index contributed by atoms with van der Waals surface area (Å²) in [6, 6.07) is 8.22. The number of aromatic nitrogens is 3. The van der Waals surface area contributed by atoms with Crippen LogP contribution in [0.3, 0.4) is 0 Å². The number of nitrogens with zero attached hydrogens (tertiary/aromatic N) is 3. The maximum absolute atomic E-state index is 12.5. The average Bonchev–Trinajstić information content (AvgIpc) is 3.10. The van der Waals surface area contributed by atoms with Crippen LogP contribution in [0.2, 0.25) is 0 Å². The van der Waals surface area contributed by atoms with E-state index in [0.29, 0.717) is 24.6 Å². The maximum atomic E-state index is 12.5. The number of likely N-dealkylation sites (tertiary alicyclic amines) is 1. The molecule has 2 aromatic rings. The van der Waals surface area contributed by atoms with Crippen molar-refractivity contribution in [2.45, 2.75) is 38.5 Å². The number of methoxy groups -OCH3 is 1. The monoisotopic (exact) mass is 357 g/mol. The van der Waals surface area contributed by atoms with E-state index >= 15 is 0 Å². The van der Waals surface area contributed by atoms with Crippen molar-refractivity contribution in [1.82, 2.24) is 20.1 Å². The number of nitrogens with one attached hydrogen (secondary N) is 1. The van der Waals surface area contributed by atoms with Crippen LogP contribution in [-0.2, 0) is 17.6 Å². The predicted molar refractivity (Wildman–Crippen MR) is 99.7 cm³/mol. The zero-order valence-electron chi connectivity index (χ0n) is 15.3. The van der Waals surface area contributed by atoms with Crippen LogP contribution in [0.1, 0.15) is 37.1 Å². The number of rotatable bonds is 7. The number of nitrogen functional groups attached to an aromatic ring is 1. The number of benzene rings is 1. The van der Waals surface area contributed by atoms with E-state index in [1.807, 2.05) is 17.0 Å². The van der Waals surface area contributed by atoms with Gasteiger partial charge in [-0.2, -0.15) is 4.98 Å². The number of carbonyl (C=O) groups is 1. The molecule has 0 aliphatic carbocycles. The number of aryl methyl sites for hydroxylation is 2. The summed E-state index contributed by atoms with van der Waals surface area (Å²) in [4.78, 5) is 18.5. The van der Waals surface area contributed by atoms with Crippen LogP contribution in [0.15, 0.2) is 24.3 Å². The van der Waals surface area contributed by atoms with E-state index in [0.717, 1.165) is 38.1 Å². The number of hydrogen-bond acceptors (Lipinski definition) is 5. The Morgan fingerprint density at radius 1 is 1.42 bits per heavy atom. The summed E-state index contributed by atoms with van der Waals surface area (Å²) in [5.41, 5.74) is 6.78. The molecule has 0 radical (unpaired) electrons. The summed E-state index contributed by atoms with van der Waals surface area (Å²) in [7, 11) is 1.69. The fourth-order valence-corrected chi connectivity index (χ4v) is 3.53. The second-order valence-electron chi connectivity index (χ2n) is 6.88. The number of hydrogen-bond donors (Lipinski definition) is 2. The molecular formula is C19H27N5O2. The summed E-state index contributed by atoms with van der Waals surface area (Å²) < 4.78 is 5.29. The van der Waals surface area contributed by atoms with Crippen molar-refractivity contribution in [2.24, 2.45) is 5.92 Å². The summed E-state index contributed by atoms with van der Waals surface area (Å²) in [6.45, 7) is 1.70. The van der Waals surface area contributed by atoms with Gasteiger partial charge in [0.25, 0.3) is 0 Å². The van der Waals surface area contributed by atoms with Gasteiger partial charge in [-0.15, -0.1) is 5.10 Å². The fraction of sp³-hybridized carbons (Fsp3) is 0.526. The Kier molecular flexibility index (Phi) is 6.09. The van der Waals surface area contributed by atoms with Gasteiger partial charge >= 0.3 is 0 Å². The summed E-state index contributed by atoms with van der Waals surface area (Å²) in [5.74, 6) is 2.53. The van der Waals surface area contributed by atoms with Crippen molar-refractivity contribution < 1.29 is 9.53 Å². The van der Waals surface area contributed by atoms with Gasteiger partial charge in [-0.05, 0) is 49.3 Å². The van der Waals surface area contributed by atoms with E-state index in [4.69, 9.17) is 10.5 Å². The standard InChI is InChI=1S/C19H27N5O2/c1-26-16-6-2-4-14(12-16)7-8-15-5-3-11-24(13-15)18(25)10-9-17-21-19(20)23-22-17/h2,4,6,12,15H,3,5,7-11,13H2,1H3,(H3,20,21,22,23)/t15-/m1/s1. The second-order valence-corrected chi connectivity index (χ2v) is 6.88. The first-order valence-corrected chi connectivity index (χ1v) is 9.21. The normalized spacial score (nSPS) is 17.3. The molecule has 0 spiro atoms.